The number of H-pyrrole nitrogens is 3. The molecule has 0 spiro atoms. The number of anilines is 4. The zero-order valence-electron chi connectivity index (χ0n) is 55.7. The van der Waals surface area contributed by atoms with Crippen LogP contribution in [0.25, 0.3) is 33.5 Å². The second-order valence-corrected chi connectivity index (χ2v) is 29.1. The second kappa shape index (κ2) is 28.5. The molecule has 0 aromatic carbocycles. The number of rotatable bonds is 18. The number of nitrogen functional groups attached to an aromatic ring is 4. The Bertz CT molecular complexity index is 4340. The standard InChI is InChI=1S/C14H20N5O7P.C14H20N5O6PS.C14H19N5O5.C14H21N3O5/c1-3-14-4-5-24-8(9(14)26-27(21,22)23-2)12(25-14)19-6-16-7-10(19)17-13(15)18-11(7)20;1-3-14-4-5-23-8(9(14)25-26(21,27)22-2)12(24-14)19-6-16-7-10(19)17-13(15)18-11(7)20;1-21-5-14-3-4-23-8(9(14)22-2)12(24-14)19-6-16-7-10(19)17-13(15)18-11(7)20;1-8-6-17(13(18)16-11(8)15)12-9-10(20-3)14(22-12,7-19-2)4-5-21-9/h6,8-9,12H,3-5H2,1-2H3,(H,21,22)(H3,15,17,18,20);6,8-9,12H,3-5H2,1-2H3,(H,21,27)(H3,15,17,18,20);6,8-9,12H,3-5H2,1-2H3,(H3,15,17,18,20);6,9-10,12H,4-5,7H2,1-3H3,(H2,15,16,18)/t8?,9-,12-,14+;8?,9-,12-,14+,26?;8?,9-,12-,14-;9?,10-,12-,14-/m1111/s1. The normalized spacial score (nSPS) is 32.9. The quantitative estimate of drug-likeness (QED) is 0.0510. The first-order valence-electron chi connectivity index (χ1n) is 31.6. The lowest BCUT2D eigenvalue weighted by atomic mass is 9.87. The highest BCUT2D eigenvalue weighted by atomic mass is 32.5. The van der Waals surface area contributed by atoms with Gasteiger partial charge in [0.2, 0.25) is 17.8 Å². The van der Waals surface area contributed by atoms with Crippen molar-refractivity contribution in [1.29, 1.82) is 0 Å². The van der Waals surface area contributed by atoms with Gasteiger partial charge in [0.1, 0.15) is 77.1 Å². The van der Waals surface area contributed by atoms with Gasteiger partial charge in [-0.05, 0) is 31.6 Å². The summed E-state index contributed by atoms with van der Waals surface area (Å²) in [6.07, 6.45) is 2.66. The predicted octanol–water partition coefficient (Wildman–Crippen LogP) is -0.0115. The number of fused-ring (bicyclic) bond motifs is 11. The molecule has 0 radical (unpaired) electrons. The first-order chi connectivity index (χ1) is 47.7. The van der Waals surface area contributed by atoms with Crippen molar-refractivity contribution < 1.29 is 89.3 Å². The molecule has 6 unspecified atom stereocenters. The minimum absolute atomic E-state index is 0.0195. The van der Waals surface area contributed by atoms with Crippen molar-refractivity contribution in [2.24, 2.45) is 0 Å². The molecule has 15 rings (SSSR count). The lowest BCUT2D eigenvalue weighted by Gasteiger charge is -2.38. The molecule has 0 amide bonds. The fourth-order valence-electron chi connectivity index (χ4n) is 14.4. The smallest absolute Gasteiger partial charge is 0.383 e. The molecule has 15 heterocycles. The predicted molar refractivity (Wildman–Crippen MR) is 350 cm³/mol. The van der Waals surface area contributed by atoms with E-state index in [2.05, 4.69) is 54.4 Å². The van der Waals surface area contributed by atoms with Crippen LogP contribution in [0.1, 0.15) is 82.8 Å². The molecular weight excluding hydrogens is 1390 g/mol. The molecule has 100 heavy (non-hydrogen) atoms. The Labute approximate surface area is 571 Å². The van der Waals surface area contributed by atoms with Gasteiger partial charge in [0.25, 0.3) is 16.7 Å². The Kier molecular flexibility index (Phi) is 20.8. The molecule has 44 heteroatoms. The van der Waals surface area contributed by atoms with E-state index in [1.165, 1.54) is 35.2 Å². The number of hydrogen-bond acceptors (Lipinski definition) is 33. The molecule has 18 atom stereocenters. The minimum atomic E-state index is -4.27. The maximum absolute atomic E-state index is 12.2. The molecule has 548 valence electrons. The number of aromatic amines is 3. The van der Waals surface area contributed by atoms with Gasteiger partial charge in [-0.2, -0.15) is 19.9 Å². The molecule has 13 N–H and O–H groups in total. The van der Waals surface area contributed by atoms with Gasteiger partial charge in [-0.3, -0.25) is 61.2 Å². The average Bonchev–Trinajstić information content (AvgIpc) is 1.59. The van der Waals surface area contributed by atoms with E-state index in [0.29, 0.717) is 89.4 Å². The van der Waals surface area contributed by atoms with Crippen molar-refractivity contribution in [1.82, 2.24) is 68.1 Å². The Morgan fingerprint density at radius 1 is 0.540 bits per heavy atom. The largest absolute Gasteiger partial charge is 0.472 e. The maximum Gasteiger partial charge on any atom is 0.472 e. The van der Waals surface area contributed by atoms with Crippen LogP contribution < -0.4 is 45.3 Å². The first-order valence-corrected chi connectivity index (χ1v) is 35.7. The van der Waals surface area contributed by atoms with Crippen molar-refractivity contribution >= 4 is 83.5 Å². The molecular formula is C56H80N18O23P2S. The topological polar surface area (TPSA) is 535 Å². The number of nitrogens with two attached hydrogens (primary N) is 4. The average molecular weight is 1470 g/mol. The van der Waals surface area contributed by atoms with Gasteiger partial charge in [0, 0.05) is 80.1 Å². The Morgan fingerprint density at radius 3 is 1.24 bits per heavy atom. The van der Waals surface area contributed by atoms with E-state index in [-0.39, 0.29) is 69.8 Å². The molecule has 8 aliphatic rings. The van der Waals surface area contributed by atoms with Gasteiger partial charge in [-0.25, -0.2) is 24.3 Å². The SMILES string of the molecule is CC[C@@]12CCOC([C@H](n3cnc4c(=O)[nH]c(N)nc43)O1)[C@H]2OP(=O)(O)OC.CC[C@@]12CCOC([C@H](n3cnc4c(=O)[nH]c(N)nc43)O1)[C@H]2OP(O)(=S)OC.COC[C@@]12CCOC([C@H](n3cc(C)c(N)nc3=O)O1)[C@H]2OC.COC[C@@]12CCOC([C@H](n3cnc4c(=O)[nH]c(N)nc43)O1)[C@H]2OC. The van der Waals surface area contributed by atoms with E-state index in [9.17, 15) is 33.5 Å². The van der Waals surface area contributed by atoms with Crippen molar-refractivity contribution in [2.75, 3.05) is 105 Å². The van der Waals surface area contributed by atoms with Gasteiger partial charge in [0.05, 0.1) is 58.6 Å². The summed E-state index contributed by atoms with van der Waals surface area (Å²) >= 11 is 5.02. The van der Waals surface area contributed by atoms with E-state index >= 15 is 0 Å². The number of phosphoric acid groups is 1. The molecule has 0 saturated carbocycles. The van der Waals surface area contributed by atoms with Crippen LogP contribution in [-0.2, 0) is 91.3 Å². The summed E-state index contributed by atoms with van der Waals surface area (Å²) in [5.74, 6) is 0.150. The van der Waals surface area contributed by atoms with Crippen LogP contribution in [0.2, 0.25) is 0 Å². The summed E-state index contributed by atoms with van der Waals surface area (Å²) in [5.41, 5.74) is 20.1. The molecule has 8 saturated heterocycles. The number of imidazole rings is 3. The number of methoxy groups -OCH3 is 4. The van der Waals surface area contributed by atoms with Crippen molar-refractivity contribution in [3.63, 3.8) is 0 Å². The van der Waals surface area contributed by atoms with Crippen LogP contribution in [0.15, 0.2) is 44.4 Å². The number of hydrogen-bond donors (Lipinski definition) is 9. The third kappa shape index (κ3) is 13.1. The molecule has 8 fully saturated rings. The maximum atomic E-state index is 12.2. The number of ether oxygens (including phenoxy) is 12. The number of nitrogens with zero attached hydrogens (tertiary/aromatic N) is 11. The highest BCUT2D eigenvalue weighted by Crippen LogP contribution is 2.57. The Balaban J connectivity index is 0.000000127. The summed E-state index contributed by atoms with van der Waals surface area (Å²) in [5, 5.41) is 0. The third-order valence-corrected chi connectivity index (χ3v) is 21.8. The van der Waals surface area contributed by atoms with Gasteiger partial charge in [-0.15, -0.1) is 0 Å². The van der Waals surface area contributed by atoms with Crippen LogP contribution in [-0.4, -0.2) is 231 Å². The lowest BCUT2D eigenvalue weighted by molar-refractivity contribution is -0.159. The minimum Gasteiger partial charge on any atom is -0.383 e. The van der Waals surface area contributed by atoms with E-state index in [1.807, 2.05) is 13.8 Å². The fraction of sp³-hybridized carbons (Fsp3) is 0.661. The number of aromatic nitrogens is 14. The van der Waals surface area contributed by atoms with Gasteiger partial charge in [-0.1, -0.05) is 13.8 Å². The summed E-state index contributed by atoms with van der Waals surface area (Å²) in [6.45, 7) is 4.86. The van der Waals surface area contributed by atoms with E-state index in [0.717, 1.165) is 7.11 Å². The van der Waals surface area contributed by atoms with E-state index in [4.69, 9.17) is 105 Å². The molecule has 8 bridgehead atoms. The van der Waals surface area contributed by atoms with Crippen molar-refractivity contribution in [2.45, 2.75) is 155 Å². The van der Waals surface area contributed by atoms with E-state index in [1.54, 1.807) is 50.7 Å². The molecule has 7 aromatic rings. The second-order valence-electron chi connectivity index (χ2n) is 24.7. The molecule has 0 aliphatic carbocycles. The highest BCUT2D eigenvalue weighted by Gasteiger charge is 2.64. The monoisotopic (exact) mass is 1470 g/mol. The van der Waals surface area contributed by atoms with Crippen molar-refractivity contribution in [3.05, 3.63) is 72.3 Å². The summed E-state index contributed by atoms with van der Waals surface area (Å²) in [7, 11) is 4.58. The van der Waals surface area contributed by atoms with Gasteiger partial charge < -0.3 is 94.1 Å². The molecule has 41 nitrogen and oxygen atoms in total. The van der Waals surface area contributed by atoms with Crippen molar-refractivity contribution in [3.8, 4) is 0 Å². The molecule has 8 aliphatic heterocycles. The van der Waals surface area contributed by atoms with Crippen LogP contribution in [0.4, 0.5) is 23.7 Å². The van der Waals surface area contributed by atoms with Crippen LogP contribution >= 0.6 is 14.5 Å². The first kappa shape index (κ1) is 73.1. The zero-order chi connectivity index (χ0) is 71.6. The number of aryl methyl sites for hydroxylation is 1. The Morgan fingerprint density at radius 2 is 0.890 bits per heavy atom. The van der Waals surface area contributed by atoms with Crippen LogP contribution in [0.5, 0.6) is 0 Å². The highest BCUT2D eigenvalue weighted by molar-refractivity contribution is 8.07. The summed E-state index contributed by atoms with van der Waals surface area (Å²) in [6, 6.07) is 0. The number of phosphoric ester groups is 1. The van der Waals surface area contributed by atoms with Crippen LogP contribution in [0, 0.1) is 6.92 Å². The van der Waals surface area contributed by atoms with Gasteiger partial charge >= 0.3 is 20.2 Å². The zero-order valence-corrected chi connectivity index (χ0v) is 58.3. The third-order valence-electron chi connectivity index (χ3n) is 19.2. The fourth-order valence-corrected chi connectivity index (χ4v) is 16.1. The number of nitrogens with one attached hydrogen (secondary N) is 3. The summed E-state index contributed by atoms with van der Waals surface area (Å²) < 4.78 is 109. The van der Waals surface area contributed by atoms with Gasteiger partial charge in [0.15, 0.2) is 58.4 Å². The van der Waals surface area contributed by atoms with Crippen LogP contribution in [0.3, 0.4) is 0 Å². The summed E-state index contributed by atoms with van der Waals surface area (Å²) in [4.78, 5) is 104. The molecule has 7 aromatic heterocycles. The van der Waals surface area contributed by atoms with E-state index < -0.39 is 115 Å². The lowest BCUT2D eigenvalue weighted by Crippen LogP contribution is -2.52. The Hall–Kier alpha value is -6.71.